The summed E-state index contributed by atoms with van der Waals surface area (Å²) in [4.78, 5) is 24.7. The number of hydrazine groups is 1. The molecular formula is C14H23N3O4S. The molecule has 0 aliphatic carbocycles. The standard InChI is InChI=1S/C14H23N3O4S/c1-14(2,3)21-13(19)22-10-15-17(11(22)12(18)20-4)16-8-6-5-7-9-16/h10H,5-9H2,1-4H3. The van der Waals surface area contributed by atoms with Gasteiger partial charge in [-0.3, -0.25) is 0 Å². The van der Waals surface area contributed by atoms with Gasteiger partial charge in [-0.2, -0.15) is 15.2 Å². The van der Waals surface area contributed by atoms with Crippen LogP contribution < -0.4 is 0 Å². The molecule has 22 heavy (non-hydrogen) atoms. The van der Waals surface area contributed by atoms with E-state index in [9.17, 15) is 9.59 Å². The third-order valence-electron chi connectivity index (χ3n) is 3.18. The summed E-state index contributed by atoms with van der Waals surface area (Å²) < 4.78 is 10.2. The fraction of sp³-hybridized carbons (Fsp3) is 0.714. The van der Waals surface area contributed by atoms with Gasteiger partial charge in [-0.05, 0) is 33.6 Å². The Hall–Kier alpha value is -1.41. The van der Waals surface area contributed by atoms with Crippen LogP contribution in [0.5, 0.6) is 0 Å². The van der Waals surface area contributed by atoms with E-state index in [1.807, 2.05) is 5.01 Å². The summed E-state index contributed by atoms with van der Waals surface area (Å²) in [6.07, 6.45) is 3.25. The number of hydrogen-bond acceptors (Lipinski definition) is 7. The van der Waals surface area contributed by atoms with Crippen LogP contribution in [0.25, 0.3) is 0 Å². The number of rotatable bonds is 2. The average Bonchev–Trinajstić information content (AvgIpc) is 2.90. The largest absolute Gasteiger partial charge is 0.464 e. The van der Waals surface area contributed by atoms with E-state index in [2.05, 4.69) is 5.10 Å². The number of nitrogens with zero attached hydrogens (tertiary/aromatic N) is 3. The maximum atomic E-state index is 12.3. The maximum Gasteiger partial charge on any atom is 0.369 e. The summed E-state index contributed by atoms with van der Waals surface area (Å²) in [5.74, 6) is -0.544. The molecule has 0 saturated carbocycles. The molecule has 2 rings (SSSR count). The molecule has 8 heteroatoms. The second kappa shape index (κ2) is 6.78. The number of piperidine rings is 1. The summed E-state index contributed by atoms with van der Waals surface area (Å²) in [6.45, 7) is 7.00. The van der Waals surface area contributed by atoms with Crippen LogP contribution >= 0.6 is 10.5 Å². The van der Waals surface area contributed by atoms with Gasteiger partial charge in [0.25, 0.3) is 0 Å². The molecule has 0 aromatic rings. The highest BCUT2D eigenvalue weighted by molar-refractivity contribution is 8.39. The molecule has 2 heterocycles. The Balaban J connectivity index is 2.28. The van der Waals surface area contributed by atoms with Gasteiger partial charge in [-0.15, -0.1) is 0 Å². The smallest absolute Gasteiger partial charge is 0.369 e. The highest BCUT2D eigenvalue weighted by Crippen LogP contribution is 2.29. The monoisotopic (exact) mass is 329 g/mol. The van der Waals surface area contributed by atoms with Crippen molar-refractivity contribution in [3.8, 4) is 0 Å². The fourth-order valence-corrected chi connectivity index (χ4v) is 3.69. The van der Waals surface area contributed by atoms with E-state index in [0.717, 1.165) is 25.9 Å². The highest BCUT2D eigenvalue weighted by atomic mass is 32.2. The molecule has 0 N–H and O–H groups in total. The summed E-state index contributed by atoms with van der Waals surface area (Å²) in [5.41, 5.74) is 0.868. The van der Waals surface area contributed by atoms with E-state index < -0.39 is 27.4 Å². The molecule has 0 bridgehead atoms. The summed E-state index contributed by atoms with van der Waals surface area (Å²) in [7, 11) is 0.160. The summed E-state index contributed by atoms with van der Waals surface area (Å²) in [5, 5.41) is 7.29. The number of esters is 1. The zero-order valence-corrected chi connectivity index (χ0v) is 14.3. The quantitative estimate of drug-likeness (QED) is 0.571. The third kappa shape index (κ3) is 3.86. The first-order valence-corrected chi connectivity index (χ1v) is 8.62. The van der Waals surface area contributed by atoms with E-state index in [1.54, 1.807) is 20.8 Å². The minimum atomic E-state index is -1.14. The number of carbonyl (C=O) groups is 2. The van der Waals surface area contributed by atoms with E-state index in [0.29, 0.717) is 0 Å². The third-order valence-corrected chi connectivity index (χ3v) is 4.68. The van der Waals surface area contributed by atoms with Gasteiger partial charge < -0.3 is 9.47 Å². The molecule has 0 aromatic carbocycles. The molecule has 0 radical (unpaired) electrons. The van der Waals surface area contributed by atoms with Crippen LogP contribution in [0.2, 0.25) is 0 Å². The van der Waals surface area contributed by atoms with Gasteiger partial charge in [0.15, 0.2) is 0 Å². The Morgan fingerprint density at radius 3 is 2.41 bits per heavy atom. The van der Waals surface area contributed by atoms with Crippen LogP contribution in [0.15, 0.2) is 5.10 Å². The molecule has 1 unspecified atom stereocenters. The minimum absolute atomic E-state index is 0.235. The lowest BCUT2D eigenvalue weighted by molar-refractivity contribution is -0.134. The summed E-state index contributed by atoms with van der Waals surface area (Å²) in [6, 6.07) is 0. The Bertz CT molecular complexity index is 519. The second-order valence-corrected chi connectivity index (χ2v) is 7.73. The zero-order valence-electron chi connectivity index (χ0n) is 13.5. The van der Waals surface area contributed by atoms with Gasteiger partial charge in [-0.1, -0.05) is 6.42 Å². The van der Waals surface area contributed by atoms with Gasteiger partial charge in [0.2, 0.25) is 4.99 Å². The predicted molar refractivity (Wildman–Crippen MR) is 86.6 cm³/mol. The number of hydrazone groups is 1. The first kappa shape index (κ1) is 17.0. The number of carbonyl (C=O) groups excluding carboxylic acids is 2. The lowest BCUT2D eigenvalue weighted by Crippen LogP contribution is -2.47. The van der Waals surface area contributed by atoms with Crippen LogP contribution in [-0.2, 0) is 14.3 Å². The van der Waals surface area contributed by atoms with Crippen LogP contribution in [0.1, 0.15) is 40.0 Å². The predicted octanol–water partition coefficient (Wildman–Crippen LogP) is 2.15. The fourth-order valence-electron chi connectivity index (χ4n) is 2.23. The van der Waals surface area contributed by atoms with Crippen molar-refractivity contribution in [2.75, 3.05) is 20.2 Å². The number of hydrogen-bond donors (Lipinski definition) is 0. The topological polar surface area (TPSA) is 71.4 Å². The van der Waals surface area contributed by atoms with Crippen LogP contribution in [0.4, 0.5) is 4.79 Å². The Morgan fingerprint density at radius 2 is 1.86 bits per heavy atom. The maximum absolute atomic E-state index is 12.3. The van der Waals surface area contributed by atoms with Crippen molar-refractivity contribution in [2.24, 2.45) is 5.10 Å². The van der Waals surface area contributed by atoms with Crippen molar-refractivity contribution in [2.45, 2.75) is 45.6 Å². The van der Waals surface area contributed by atoms with Crippen LogP contribution in [0, 0.1) is 0 Å². The van der Waals surface area contributed by atoms with Gasteiger partial charge in [0.1, 0.15) is 5.60 Å². The minimum Gasteiger partial charge on any atom is -0.464 e. The molecule has 1 atom stereocenters. The van der Waals surface area contributed by atoms with E-state index in [-0.39, 0.29) is 4.99 Å². The van der Waals surface area contributed by atoms with Crippen LogP contribution in [-0.4, -0.2) is 57.7 Å². The molecule has 0 amide bonds. The van der Waals surface area contributed by atoms with Crippen molar-refractivity contribution >= 4 is 32.3 Å². The van der Waals surface area contributed by atoms with Crippen molar-refractivity contribution in [3.05, 3.63) is 0 Å². The zero-order chi connectivity index (χ0) is 16.3. The first-order valence-electron chi connectivity index (χ1n) is 7.34. The molecule has 124 valence electrons. The Morgan fingerprint density at radius 1 is 1.23 bits per heavy atom. The highest BCUT2D eigenvalue weighted by Gasteiger charge is 2.35. The van der Waals surface area contributed by atoms with Crippen molar-refractivity contribution in [1.82, 2.24) is 10.1 Å². The molecule has 2 aliphatic heterocycles. The SMILES string of the molecule is COC(=O)C1=S(C(=O)OC(C)(C)C)C=NN1N1CCCCC1. The van der Waals surface area contributed by atoms with Gasteiger partial charge in [-0.25, -0.2) is 9.59 Å². The number of ether oxygens (including phenoxy) is 2. The average molecular weight is 329 g/mol. The van der Waals surface area contributed by atoms with Gasteiger partial charge in [0, 0.05) is 23.6 Å². The van der Waals surface area contributed by atoms with Crippen molar-refractivity contribution < 1.29 is 19.1 Å². The lowest BCUT2D eigenvalue weighted by atomic mass is 10.2. The van der Waals surface area contributed by atoms with Gasteiger partial charge >= 0.3 is 11.3 Å². The van der Waals surface area contributed by atoms with Crippen LogP contribution in [0.3, 0.4) is 0 Å². The normalized spacial score (nSPS) is 22.8. The van der Waals surface area contributed by atoms with E-state index in [4.69, 9.17) is 9.47 Å². The van der Waals surface area contributed by atoms with Crippen molar-refractivity contribution in [1.29, 1.82) is 0 Å². The first-order chi connectivity index (χ1) is 10.3. The molecule has 2 aliphatic rings. The Kier molecular flexibility index (Phi) is 5.23. The second-order valence-electron chi connectivity index (χ2n) is 6.12. The molecule has 0 spiro atoms. The molecule has 7 nitrogen and oxygen atoms in total. The summed E-state index contributed by atoms with van der Waals surface area (Å²) >= 11 is 0. The molecule has 1 saturated heterocycles. The molecule has 1 fully saturated rings. The van der Waals surface area contributed by atoms with Gasteiger partial charge in [0.05, 0.1) is 12.7 Å². The Labute approximate surface area is 133 Å². The van der Waals surface area contributed by atoms with E-state index >= 15 is 0 Å². The molecular weight excluding hydrogens is 306 g/mol. The number of methoxy groups -OCH3 is 1. The molecule has 0 aromatic heterocycles. The van der Waals surface area contributed by atoms with Crippen molar-refractivity contribution in [3.63, 3.8) is 0 Å². The lowest BCUT2D eigenvalue weighted by Gasteiger charge is -2.33. The van der Waals surface area contributed by atoms with E-state index in [1.165, 1.54) is 24.2 Å².